The number of rotatable bonds is 6. The second kappa shape index (κ2) is 7.33. The molecule has 1 aromatic heterocycles. The number of aromatic amines is 1. The summed E-state index contributed by atoms with van der Waals surface area (Å²) in [6.45, 7) is 2.88. The van der Waals surface area contributed by atoms with E-state index in [2.05, 4.69) is 15.5 Å². The molecule has 0 fully saturated rings. The zero-order chi connectivity index (χ0) is 14.2. The number of carbonyl (C=O) groups is 1. The lowest BCUT2D eigenvalue weighted by Crippen LogP contribution is -2.25. The summed E-state index contributed by atoms with van der Waals surface area (Å²) in [5.74, 6) is 0. The van der Waals surface area contributed by atoms with Crippen LogP contribution >= 0.6 is 0 Å². The van der Waals surface area contributed by atoms with Crippen molar-refractivity contribution in [2.24, 2.45) is 0 Å². The Morgan fingerprint density at radius 1 is 1.35 bits per heavy atom. The second-order valence-electron chi connectivity index (χ2n) is 4.61. The Bertz CT molecular complexity index is 537. The van der Waals surface area contributed by atoms with Crippen LogP contribution in [0.4, 0.5) is 4.79 Å². The van der Waals surface area contributed by atoms with Gasteiger partial charge in [0.25, 0.3) is 0 Å². The number of hydrogen-bond donors (Lipinski definition) is 2. The van der Waals surface area contributed by atoms with Crippen LogP contribution in [0.3, 0.4) is 0 Å². The highest BCUT2D eigenvalue weighted by Crippen LogP contribution is 2.05. The van der Waals surface area contributed by atoms with Crippen LogP contribution in [0.15, 0.2) is 36.5 Å². The Labute approximate surface area is 118 Å². The summed E-state index contributed by atoms with van der Waals surface area (Å²) < 4.78 is 5.12. The molecule has 0 radical (unpaired) electrons. The van der Waals surface area contributed by atoms with Gasteiger partial charge in [0.05, 0.1) is 6.20 Å². The third kappa shape index (κ3) is 4.42. The average Bonchev–Trinajstić information content (AvgIpc) is 2.88. The summed E-state index contributed by atoms with van der Waals surface area (Å²) >= 11 is 0. The minimum atomic E-state index is -0.377. The van der Waals surface area contributed by atoms with Crippen LogP contribution in [-0.4, -0.2) is 22.8 Å². The Hall–Kier alpha value is -2.30. The van der Waals surface area contributed by atoms with Crippen LogP contribution in [-0.2, 0) is 17.8 Å². The zero-order valence-electron chi connectivity index (χ0n) is 11.6. The largest absolute Gasteiger partial charge is 0.445 e. The van der Waals surface area contributed by atoms with Gasteiger partial charge in [-0.2, -0.15) is 5.10 Å². The summed E-state index contributed by atoms with van der Waals surface area (Å²) in [6, 6.07) is 9.62. The predicted molar refractivity (Wildman–Crippen MR) is 76.3 cm³/mol. The Morgan fingerprint density at radius 2 is 2.15 bits per heavy atom. The molecule has 0 aliphatic rings. The summed E-state index contributed by atoms with van der Waals surface area (Å²) in [4.78, 5) is 11.5. The highest BCUT2D eigenvalue weighted by molar-refractivity contribution is 5.67. The SMILES string of the molecule is Cc1[nH]ncc1CCCNC(=O)OCc1ccccc1. The zero-order valence-corrected chi connectivity index (χ0v) is 11.6. The number of benzene rings is 1. The van der Waals surface area contributed by atoms with E-state index in [1.54, 1.807) is 0 Å². The maximum atomic E-state index is 11.5. The number of nitrogens with zero attached hydrogens (tertiary/aromatic N) is 1. The van der Waals surface area contributed by atoms with Crippen molar-refractivity contribution < 1.29 is 9.53 Å². The van der Waals surface area contributed by atoms with Crippen molar-refractivity contribution in [1.29, 1.82) is 0 Å². The van der Waals surface area contributed by atoms with Crippen molar-refractivity contribution in [3.63, 3.8) is 0 Å². The highest BCUT2D eigenvalue weighted by atomic mass is 16.5. The fraction of sp³-hybridized carbons (Fsp3) is 0.333. The van der Waals surface area contributed by atoms with Crippen LogP contribution in [0.2, 0.25) is 0 Å². The number of aryl methyl sites for hydroxylation is 2. The lowest BCUT2D eigenvalue weighted by atomic mass is 10.1. The van der Waals surface area contributed by atoms with E-state index in [0.717, 1.165) is 24.1 Å². The molecule has 0 atom stereocenters. The van der Waals surface area contributed by atoms with Gasteiger partial charge >= 0.3 is 6.09 Å². The molecular weight excluding hydrogens is 254 g/mol. The first-order valence-electron chi connectivity index (χ1n) is 6.69. The molecule has 2 aromatic rings. The van der Waals surface area contributed by atoms with Gasteiger partial charge < -0.3 is 10.1 Å². The van der Waals surface area contributed by atoms with Gasteiger partial charge in [-0.25, -0.2) is 4.79 Å². The van der Waals surface area contributed by atoms with Gasteiger partial charge in [0.1, 0.15) is 6.61 Å². The topological polar surface area (TPSA) is 67.0 Å². The summed E-state index contributed by atoms with van der Waals surface area (Å²) in [6.07, 6.45) is 3.20. The number of nitrogens with one attached hydrogen (secondary N) is 2. The van der Waals surface area contributed by atoms with E-state index in [1.807, 2.05) is 43.5 Å². The van der Waals surface area contributed by atoms with Gasteiger partial charge in [0, 0.05) is 12.2 Å². The van der Waals surface area contributed by atoms with Gasteiger partial charge in [-0.1, -0.05) is 30.3 Å². The van der Waals surface area contributed by atoms with E-state index in [1.165, 1.54) is 5.56 Å². The lowest BCUT2D eigenvalue weighted by molar-refractivity contribution is 0.139. The standard InChI is InChI=1S/C15H19N3O2/c1-12-14(10-17-18-12)8-5-9-16-15(19)20-11-13-6-3-2-4-7-13/h2-4,6-7,10H,5,8-9,11H2,1H3,(H,16,19)(H,17,18). The van der Waals surface area contributed by atoms with Crippen LogP contribution in [0.25, 0.3) is 0 Å². The summed E-state index contributed by atoms with van der Waals surface area (Å²) in [5, 5.41) is 9.60. The molecule has 2 rings (SSSR count). The molecule has 20 heavy (non-hydrogen) atoms. The van der Waals surface area contributed by atoms with Crippen LogP contribution in [0.5, 0.6) is 0 Å². The smallest absolute Gasteiger partial charge is 0.407 e. The molecular formula is C15H19N3O2. The Balaban J connectivity index is 1.60. The van der Waals surface area contributed by atoms with E-state index in [4.69, 9.17) is 4.74 Å². The molecule has 5 nitrogen and oxygen atoms in total. The molecule has 0 spiro atoms. The van der Waals surface area contributed by atoms with E-state index in [-0.39, 0.29) is 6.09 Å². The number of ether oxygens (including phenoxy) is 1. The predicted octanol–water partition coefficient (Wildman–Crippen LogP) is 2.58. The molecule has 2 N–H and O–H groups in total. The molecule has 0 saturated carbocycles. The fourth-order valence-corrected chi connectivity index (χ4v) is 1.87. The number of amides is 1. The number of H-pyrrole nitrogens is 1. The molecule has 0 aliphatic heterocycles. The Morgan fingerprint density at radius 3 is 2.85 bits per heavy atom. The monoisotopic (exact) mass is 273 g/mol. The van der Waals surface area contributed by atoms with Crippen molar-refractivity contribution in [2.75, 3.05) is 6.54 Å². The minimum absolute atomic E-state index is 0.299. The van der Waals surface area contributed by atoms with Gasteiger partial charge in [-0.05, 0) is 30.9 Å². The number of carbonyl (C=O) groups excluding carboxylic acids is 1. The van der Waals surface area contributed by atoms with E-state index in [0.29, 0.717) is 13.2 Å². The van der Waals surface area contributed by atoms with Crippen LogP contribution < -0.4 is 5.32 Å². The molecule has 1 amide bonds. The molecule has 0 aliphatic carbocycles. The van der Waals surface area contributed by atoms with E-state index < -0.39 is 0 Å². The lowest BCUT2D eigenvalue weighted by Gasteiger charge is -2.06. The quantitative estimate of drug-likeness (QED) is 0.795. The summed E-state index contributed by atoms with van der Waals surface area (Å²) in [7, 11) is 0. The first-order valence-corrected chi connectivity index (χ1v) is 6.69. The van der Waals surface area contributed by atoms with Crippen molar-refractivity contribution in [2.45, 2.75) is 26.4 Å². The molecule has 5 heteroatoms. The second-order valence-corrected chi connectivity index (χ2v) is 4.61. The minimum Gasteiger partial charge on any atom is -0.445 e. The maximum Gasteiger partial charge on any atom is 0.407 e. The molecule has 1 heterocycles. The number of aromatic nitrogens is 2. The first-order chi connectivity index (χ1) is 9.75. The maximum absolute atomic E-state index is 11.5. The third-order valence-electron chi connectivity index (χ3n) is 3.04. The molecule has 0 unspecified atom stereocenters. The molecule has 0 bridgehead atoms. The van der Waals surface area contributed by atoms with Gasteiger partial charge in [0.15, 0.2) is 0 Å². The highest BCUT2D eigenvalue weighted by Gasteiger charge is 2.03. The van der Waals surface area contributed by atoms with E-state index >= 15 is 0 Å². The van der Waals surface area contributed by atoms with Crippen molar-refractivity contribution in [3.05, 3.63) is 53.3 Å². The number of alkyl carbamates (subject to hydrolysis) is 1. The first kappa shape index (κ1) is 14.1. The number of hydrogen-bond acceptors (Lipinski definition) is 3. The van der Waals surface area contributed by atoms with Crippen molar-refractivity contribution in [3.8, 4) is 0 Å². The Kier molecular flexibility index (Phi) is 5.17. The summed E-state index contributed by atoms with van der Waals surface area (Å²) in [5.41, 5.74) is 3.25. The van der Waals surface area contributed by atoms with E-state index in [9.17, 15) is 4.79 Å². The normalized spacial score (nSPS) is 10.2. The van der Waals surface area contributed by atoms with Crippen LogP contribution in [0.1, 0.15) is 23.2 Å². The van der Waals surface area contributed by atoms with Crippen molar-refractivity contribution >= 4 is 6.09 Å². The average molecular weight is 273 g/mol. The van der Waals surface area contributed by atoms with Gasteiger partial charge in [-0.15, -0.1) is 0 Å². The molecule has 106 valence electrons. The molecule has 1 aromatic carbocycles. The van der Waals surface area contributed by atoms with Gasteiger partial charge in [-0.3, -0.25) is 5.10 Å². The third-order valence-corrected chi connectivity index (χ3v) is 3.04. The van der Waals surface area contributed by atoms with Crippen LogP contribution in [0, 0.1) is 6.92 Å². The molecule has 0 saturated heterocycles. The van der Waals surface area contributed by atoms with Gasteiger partial charge in [0.2, 0.25) is 0 Å². The van der Waals surface area contributed by atoms with Crippen molar-refractivity contribution in [1.82, 2.24) is 15.5 Å². The fourth-order valence-electron chi connectivity index (χ4n) is 1.87.